The molecule has 0 saturated carbocycles. The summed E-state index contributed by atoms with van der Waals surface area (Å²) in [4.78, 5) is 22.2. The minimum atomic E-state index is -0.884. The third-order valence-electron chi connectivity index (χ3n) is 2.33. The molecule has 6 heteroatoms. The molecule has 0 bridgehead atoms. The molecule has 18 heavy (non-hydrogen) atoms. The molecule has 6 nitrogen and oxygen atoms in total. The number of hydrogen-bond donors (Lipinski definition) is 3. The first-order valence-electron chi connectivity index (χ1n) is 5.26. The number of anilines is 1. The number of nitrogens with one attached hydrogen (secondary N) is 2. The molecule has 1 aromatic heterocycles. The Kier molecular flexibility index (Phi) is 3.38. The Morgan fingerprint density at radius 3 is 2.56 bits per heavy atom. The second kappa shape index (κ2) is 5.13. The summed E-state index contributed by atoms with van der Waals surface area (Å²) in [6, 6.07) is 6.66. The zero-order valence-electron chi connectivity index (χ0n) is 9.38. The number of aromatic amines is 1. The van der Waals surface area contributed by atoms with Crippen molar-refractivity contribution in [3.05, 3.63) is 47.8 Å². The maximum absolute atomic E-state index is 11.7. The molecule has 0 aliphatic rings. The van der Waals surface area contributed by atoms with Crippen molar-refractivity contribution in [2.75, 3.05) is 5.32 Å². The van der Waals surface area contributed by atoms with Crippen LogP contribution in [0.5, 0.6) is 0 Å². The van der Waals surface area contributed by atoms with Crippen molar-refractivity contribution in [3.63, 3.8) is 0 Å². The van der Waals surface area contributed by atoms with Gasteiger partial charge >= 0.3 is 5.97 Å². The van der Waals surface area contributed by atoms with E-state index in [-0.39, 0.29) is 12.3 Å². The highest BCUT2D eigenvalue weighted by Crippen LogP contribution is 2.11. The van der Waals surface area contributed by atoms with E-state index < -0.39 is 5.97 Å². The van der Waals surface area contributed by atoms with Crippen LogP contribution in [0, 0.1) is 0 Å². The molecule has 0 saturated heterocycles. The van der Waals surface area contributed by atoms with Gasteiger partial charge in [0.15, 0.2) is 0 Å². The lowest BCUT2D eigenvalue weighted by molar-refractivity contribution is -0.136. The largest absolute Gasteiger partial charge is 0.481 e. The lowest BCUT2D eigenvalue weighted by Gasteiger charge is -2.04. The highest BCUT2D eigenvalue weighted by atomic mass is 16.4. The number of carboxylic acids is 1. The van der Waals surface area contributed by atoms with E-state index in [1.54, 1.807) is 24.3 Å². The predicted molar refractivity (Wildman–Crippen MR) is 64.3 cm³/mol. The van der Waals surface area contributed by atoms with Gasteiger partial charge in [0.1, 0.15) is 0 Å². The Morgan fingerprint density at radius 1 is 1.28 bits per heavy atom. The van der Waals surface area contributed by atoms with E-state index in [2.05, 4.69) is 15.5 Å². The van der Waals surface area contributed by atoms with Crippen LogP contribution in [0.4, 0.5) is 5.69 Å². The zero-order chi connectivity index (χ0) is 13.0. The molecule has 0 fully saturated rings. The summed E-state index contributed by atoms with van der Waals surface area (Å²) in [5.41, 5.74) is 1.73. The van der Waals surface area contributed by atoms with E-state index in [4.69, 9.17) is 5.11 Å². The molecule has 2 rings (SSSR count). The number of aliphatic carboxylic acids is 1. The lowest BCUT2D eigenvalue weighted by Crippen LogP contribution is -2.11. The number of amides is 1. The van der Waals surface area contributed by atoms with E-state index in [9.17, 15) is 9.59 Å². The standard InChI is InChI=1S/C12H11N3O3/c16-11(17)5-8-1-3-10(4-2-8)15-12(18)9-6-13-14-7-9/h1-4,6-7H,5H2,(H,13,14)(H,15,18)(H,16,17). The van der Waals surface area contributed by atoms with Gasteiger partial charge in [0.2, 0.25) is 0 Å². The van der Waals surface area contributed by atoms with Crippen LogP contribution in [0.3, 0.4) is 0 Å². The Bertz CT molecular complexity index is 546. The molecule has 0 aliphatic carbocycles. The fourth-order valence-corrected chi connectivity index (χ4v) is 1.46. The quantitative estimate of drug-likeness (QED) is 0.756. The number of carboxylic acid groups (broad SMARTS) is 1. The van der Waals surface area contributed by atoms with E-state index in [1.165, 1.54) is 12.4 Å². The molecule has 0 unspecified atom stereocenters. The summed E-state index contributed by atoms with van der Waals surface area (Å²) in [5, 5.41) is 17.5. The monoisotopic (exact) mass is 245 g/mol. The molecular formula is C12H11N3O3. The molecule has 1 amide bonds. The number of rotatable bonds is 4. The Morgan fingerprint density at radius 2 is 2.00 bits per heavy atom. The van der Waals surface area contributed by atoms with Gasteiger partial charge in [0.05, 0.1) is 18.2 Å². The first kappa shape index (κ1) is 11.8. The molecular weight excluding hydrogens is 234 g/mol. The maximum Gasteiger partial charge on any atom is 0.307 e. The Balaban J connectivity index is 2.02. The normalized spacial score (nSPS) is 10.0. The van der Waals surface area contributed by atoms with Gasteiger partial charge in [-0.1, -0.05) is 12.1 Å². The number of aromatic nitrogens is 2. The van der Waals surface area contributed by atoms with Crippen LogP contribution in [0.1, 0.15) is 15.9 Å². The van der Waals surface area contributed by atoms with Crippen molar-refractivity contribution in [2.24, 2.45) is 0 Å². The summed E-state index contributed by atoms with van der Waals surface area (Å²) in [5.74, 6) is -1.15. The summed E-state index contributed by atoms with van der Waals surface area (Å²) < 4.78 is 0. The van der Waals surface area contributed by atoms with E-state index >= 15 is 0 Å². The third kappa shape index (κ3) is 2.94. The molecule has 0 atom stereocenters. The highest BCUT2D eigenvalue weighted by molar-refractivity contribution is 6.03. The molecule has 1 heterocycles. The van der Waals surface area contributed by atoms with Crippen molar-refractivity contribution in [2.45, 2.75) is 6.42 Å². The van der Waals surface area contributed by atoms with Crippen molar-refractivity contribution in [1.82, 2.24) is 10.2 Å². The maximum atomic E-state index is 11.7. The van der Waals surface area contributed by atoms with Crippen LogP contribution in [0.15, 0.2) is 36.7 Å². The average Bonchev–Trinajstić information content (AvgIpc) is 2.84. The smallest absolute Gasteiger partial charge is 0.307 e. The second-order valence-electron chi connectivity index (χ2n) is 3.71. The highest BCUT2D eigenvalue weighted by Gasteiger charge is 2.07. The first-order valence-corrected chi connectivity index (χ1v) is 5.26. The third-order valence-corrected chi connectivity index (χ3v) is 2.33. The van der Waals surface area contributed by atoms with Gasteiger partial charge in [-0.2, -0.15) is 5.10 Å². The lowest BCUT2D eigenvalue weighted by atomic mass is 10.1. The van der Waals surface area contributed by atoms with Gasteiger partial charge in [-0.25, -0.2) is 0 Å². The zero-order valence-corrected chi connectivity index (χ0v) is 9.38. The summed E-state index contributed by atoms with van der Waals surface area (Å²) >= 11 is 0. The van der Waals surface area contributed by atoms with E-state index in [0.717, 1.165) is 0 Å². The summed E-state index contributed by atoms with van der Waals surface area (Å²) in [7, 11) is 0. The first-order chi connectivity index (χ1) is 8.65. The number of carbonyl (C=O) groups excluding carboxylic acids is 1. The number of hydrogen-bond acceptors (Lipinski definition) is 3. The summed E-state index contributed by atoms with van der Waals surface area (Å²) in [6.45, 7) is 0. The number of H-pyrrole nitrogens is 1. The topological polar surface area (TPSA) is 95.1 Å². The molecule has 0 spiro atoms. The van der Waals surface area contributed by atoms with Gasteiger partial charge in [0.25, 0.3) is 5.91 Å². The Labute approximate surface area is 103 Å². The second-order valence-corrected chi connectivity index (χ2v) is 3.71. The van der Waals surface area contributed by atoms with E-state index in [1.807, 2.05) is 0 Å². The van der Waals surface area contributed by atoms with Crippen molar-refractivity contribution < 1.29 is 14.7 Å². The fraction of sp³-hybridized carbons (Fsp3) is 0.0833. The van der Waals surface area contributed by atoms with Gasteiger partial charge in [-0.15, -0.1) is 0 Å². The van der Waals surface area contributed by atoms with Crippen LogP contribution < -0.4 is 5.32 Å². The molecule has 0 aliphatic heterocycles. The van der Waals surface area contributed by atoms with Gasteiger partial charge in [-0.05, 0) is 17.7 Å². The molecule has 2 aromatic rings. The van der Waals surface area contributed by atoms with Gasteiger partial charge in [-0.3, -0.25) is 14.7 Å². The molecule has 0 radical (unpaired) electrons. The minimum absolute atomic E-state index is 0.0318. The molecule has 92 valence electrons. The van der Waals surface area contributed by atoms with Crippen LogP contribution in [-0.4, -0.2) is 27.2 Å². The average molecular weight is 245 g/mol. The predicted octanol–water partition coefficient (Wildman–Crippen LogP) is 1.29. The van der Waals surface area contributed by atoms with Crippen LogP contribution in [0.2, 0.25) is 0 Å². The van der Waals surface area contributed by atoms with Crippen molar-refractivity contribution >= 4 is 17.6 Å². The fourth-order valence-electron chi connectivity index (χ4n) is 1.46. The SMILES string of the molecule is O=C(O)Cc1ccc(NC(=O)c2cn[nH]c2)cc1. The van der Waals surface area contributed by atoms with Crippen molar-refractivity contribution in [1.29, 1.82) is 0 Å². The van der Waals surface area contributed by atoms with Gasteiger partial charge < -0.3 is 10.4 Å². The molecule has 3 N–H and O–H groups in total. The number of nitrogens with zero attached hydrogens (tertiary/aromatic N) is 1. The van der Waals surface area contributed by atoms with Crippen LogP contribution in [-0.2, 0) is 11.2 Å². The van der Waals surface area contributed by atoms with Crippen LogP contribution >= 0.6 is 0 Å². The summed E-state index contributed by atoms with van der Waals surface area (Å²) in [6.07, 6.45) is 2.89. The van der Waals surface area contributed by atoms with Crippen molar-refractivity contribution in [3.8, 4) is 0 Å². The Hall–Kier alpha value is -2.63. The van der Waals surface area contributed by atoms with Crippen LogP contribution in [0.25, 0.3) is 0 Å². The van der Waals surface area contributed by atoms with E-state index in [0.29, 0.717) is 16.8 Å². The van der Waals surface area contributed by atoms with Gasteiger partial charge in [0, 0.05) is 11.9 Å². The number of benzene rings is 1. The minimum Gasteiger partial charge on any atom is -0.481 e. The molecule has 1 aromatic carbocycles. The number of carbonyl (C=O) groups is 2.